The van der Waals surface area contributed by atoms with Crippen LogP contribution in [0.1, 0.15) is 23.2 Å². The number of aromatic nitrogens is 2. The van der Waals surface area contributed by atoms with E-state index in [1.54, 1.807) is 23.1 Å². The molecule has 0 radical (unpaired) electrons. The van der Waals surface area contributed by atoms with E-state index in [0.717, 1.165) is 19.4 Å². The average Bonchev–Trinajstić information content (AvgIpc) is 3.01. The van der Waals surface area contributed by atoms with Gasteiger partial charge in [0.1, 0.15) is 11.4 Å². The molecule has 7 nitrogen and oxygen atoms in total. The highest BCUT2D eigenvalue weighted by Crippen LogP contribution is 2.21. The first-order chi connectivity index (χ1) is 11.6. The van der Waals surface area contributed by atoms with Crippen molar-refractivity contribution in [1.82, 2.24) is 9.89 Å². The maximum Gasteiger partial charge on any atom is 0.254 e. The summed E-state index contributed by atoms with van der Waals surface area (Å²) in [5.41, 5.74) is 6.26. The van der Waals surface area contributed by atoms with Crippen molar-refractivity contribution in [2.24, 2.45) is 11.7 Å². The van der Waals surface area contributed by atoms with Crippen LogP contribution in [0.2, 0.25) is 0 Å². The molecule has 1 aliphatic heterocycles. The molecule has 124 valence electrons. The number of halogens is 1. The second kappa shape index (κ2) is 6.58. The van der Waals surface area contributed by atoms with Crippen LogP contribution in [0.25, 0.3) is 0 Å². The molecular weight excluding hydrogens is 311 g/mol. The van der Waals surface area contributed by atoms with Gasteiger partial charge in [-0.2, -0.15) is 10.1 Å². The van der Waals surface area contributed by atoms with Gasteiger partial charge >= 0.3 is 0 Å². The number of carbonyl (C=O) groups excluding carboxylic acids is 1. The Bertz CT molecular complexity index is 779. The van der Waals surface area contributed by atoms with Crippen molar-refractivity contribution < 1.29 is 9.18 Å². The maximum absolute atomic E-state index is 13.0. The van der Waals surface area contributed by atoms with Crippen molar-refractivity contribution in [3.05, 3.63) is 41.8 Å². The highest BCUT2D eigenvalue weighted by molar-refractivity contribution is 5.98. The van der Waals surface area contributed by atoms with E-state index in [9.17, 15) is 9.18 Å². The number of rotatable bonds is 4. The zero-order valence-electron chi connectivity index (χ0n) is 12.9. The molecule has 3 rings (SSSR count). The number of carbonyl (C=O) groups is 1. The number of benzene rings is 1. The van der Waals surface area contributed by atoms with Gasteiger partial charge in [0.05, 0.1) is 24.7 Å². The Hall–Kier alpha value is -3.08. The summed E-state index contributed by atoms with van der Waals surface area (Å²) in [5, 5.41) is 18.3. The fourth-order valence-corrected chi connectivity index (χ4v) is 2.70. The van der Waals surface area contributed by atoms with Crippen molar-refractivity contribution in [1.29, 1.82) is 5.26 Å². The molecule has 1 amide bonds. The van der Waals surface area contributed by atoms with Gasteiger partial charge in [0.15, 0.2) is 5.82 Å². The SMILES string of the molecule is N#CC1CCCN(n2cc(C(N)=O)c(Nc3ccc(F)cc3)n2)C1. The first-order valence-electron chi connectivity index (χ1n) is 7.63. The lowest BCUT2D eigenvalue weighted by Gasteiger charge is -2.30. The molecule has 2 aromatic rings. The van der Waals surface area contributed by atoms with E-state index in [1.165, 1.54) is 12.1 Å². The Morgan fingerprint density at radius 3 is 2.83 bits per heavy atom. The molecule has 0 aliphatic carbocycles. The summed E-state index contributed by atoms with van der Waals surface area (Å²) in [6.07, 6.45) is 3.29. The molecule has 0 bridgehead atoms. The lowest BCUT2D eigenvalue weighted by molar-refractivity contribution is 0.100. The standard InChI is InChI=1S/C16H17FN6O/c17-12-3-5-13(6-4-12)20-16-14(15(19)24)10-23(21-16)22-7-1-2-11(8-18)9-22/h3-6,10-11H,1-2,7,9H2,(H2,19,24)(H,20,21). The van der Waals surface area contributed by atoms with Crippen LogP contribution in [0.15, 0.2) is 30.5 Å². The lowest BCUT2D eigenvalue weighted by atomic mass is 10.0. The number of nitriles is 1. The Balaban J connectivity index is 1.86. The summed E-state index contributed by atoms with van der Waals surface area (Å²) in [7, 11) is 0. The normalized spacial score (nSPS) is 17.3. The van der Waals surface area contributed by atoms with Gasteiger partial charge in [-0.1, -0.05) is 0 Å². The summed E-state index contributed by atoms with van der Waals surface area (Å²) < 4.78 is 13.0. The van der Waals surface area contributed by atoms with Crippen LogP contribution in [0.5, 0.6) is 0 Å². The zero-order chi connectivity index (χ0) is 17.1. The minimum Gasteiger partial charge on any atom is -0.365 e. The molecule has 1 atom stereocenters. The number of nitrogens with one attached hydrogen (secondary N) is 1. The van der Waals surface area contributed by atoms with Crippen LogP contribution in [0.3, 0.4) is 0 Å². The first kappa shape index (κ1) is 15.8. The second-order valence-electron chi connectivity index (χ2n) is 5.69. The third-order valence-corrected chi connectivity index (χ3v) is 3.95. The van der Waals surface area contributed by atoms with Gasteiger partial charge < -0.3 is 11.1 Å². The molecule has 8 heteroatoms. The molecule has 1 aromatic heterocycles. The van der Waals surface area contributed by atoms with Crippen LogP contribution in [-0.4, -0.2) is 28.9 Å². The number of nitrogens with two attached hydrogens (primary N) is 1. The van der Waals surface area contributed by atoms with Crippen molar-refractivity contribution >= 4 is 17.4 Å². The third-order valence-electron chi connectivity index (χ3n) is 3.95. The first-order valence-corrected chi connectivity index (χ1v) is 7.63. The predicted molar refractivity (Wildman–Crippen MR) is 86.7 cm³/mol. The average molecular weight is 328 g/mol. The Labute approximate surface area is 138 Å². The van der Waals surface area contributed by atoms with Gasteiger partial charge in [0, 0.05) is 12.2 Å². The van der Waals surface area contributed by atoms with Gasteiger partial charge in [0.2, 0.25) is 0 Å². The summed E-state index contributed by atoms with van der Waals surface area (Å²) in [5.74, 6) is -0.724. The number of piperidine rings is 1. The highest BCUT2D eigenvalue weighted by Gasteiger charge is 2.23. The van der Waals surface area contributed by atoms with Gasteiger partial charge in [-0.15, -0.1) is 5.10 Å². The van der Waals surface area contributed by atoms with Gasteiger partial charge in [-0.3, -0.25) is 9.80 Å². The van der Waals surface area contributed by atoms with E-state index in [4.69, 9.17) is 11.0 Å². The minimum absolute atomic E-state index is 0.0616. The van der Waals surface area contributed by atoms with Gasteiger partial charge in [-0.25, -0.2) is 4.39 Å². The van der Waals surface area contributed by atoms with E-state index < -0.39 is 5.91 Å². The van der Waals surface area contributed by atoms with E-state index in [2.05, 4.69) is 16.5 Å². The quantitative estimate of drug-likeness (QED) is 0.890. The van der Waals surface area contributed by atoms with E-state index in [-0.39, 0.29) is 17.3 Å². The fourth-order valence-electron chi connectivity index (χ4n) is 2.70. The number of primary amides is 1. The molecule has 1 saturated heterocycles. The molecule has 0 saturated carbocycles. The number of anilines is 2. The molecule has 24 heavy (non-hydrogen) atoms. The van der Waals surface area contributed by atoms with Crippen molar-refractivity contribution in [2.45, 2.75) is 12.8 Å². The molecular formula is C16H17FN6O. The van der Waals surface area contributed by atoms with Gasteiger partial charge in [-0.05, 0) is 37.1 Å². The minimum atomic E-state index is -0.611. The molecule has 2 heterocycles. The third kappa shape index (κ3) is 3.30. The van der Waals surface area contributed by atoms with Crippen molar-refractivity contribution in [3.8, 4) is 6.07 Å². The van der Waals surface area contributed by atoms with E-state index in [1.807, 2.05) is 5.01 Å². The Morgan fingerprint density at radius 2 is 2.17 bits per heavy atom. The monoisotopic (exact) mass is 328 g/mol. The van der Waals surface area contributed by atoms with Crippen LogP contribution in [0.4, 0.5) is 15.9 Å². The van der Waals surface area contributed by atoms with Crippen molar-refractivity contribution in [3.63, 3.8) is 0 Å². The Morgan fingerprint density at radius 1 is 1.42 bits per heavy atom. The maximum atomic E-state index is 13.0. The van der Waals surface area contributed by atoms with Gasteiger partial charge in [0.25, 0.3) is 5.91 Å². The zero-order valence-corrected chi connectivity index (χ0v) is 12.9. The molecule has 0 spiro atoms. The second-order valence-corrected chi connectivity index (χ2v) is 5.69. The predicted octanol–water partition coefficient (Wildman–Crippen LogP) is 1.74. The van der Waals surface area contributed by atoms with Crippen LogP contribution < -0.4 is 16.1 Å². The lowest BCUT2D eigenvalue weighted by Crippen LogP contribution is -2.43. The number of amides is 1. The molecule has 1 fully saturated rings. The summed E-state index contributed by atoms with van der Waals surface area (Å²) in [6, 6.07) is 7.98. The summed E-state index contributed by atoms with van der Waals surface area (Å²) in [6.45, 7) is 1.29. The molecule has 1 aromatic carbocycles. The van der Waals surface area contributed by atoms with Crippen LogP contribution in [-0.2, 0) is 0 Å². The van der Waals surface area contributed by atoms with E-state index >= 15 is 0 Å². The number of hydrogen-bond acceptors (Lipinski definition) is 5. The Kier molecular flexibility index (Phi) is 4.33. The highest BCUT2D eigenvalue weighted by atomic mass is 19.1. The summed E-state index contributed by atoms with van der Waals surface area (Å²) in [4.78, 5) is 13.2. The summed E-state index contributed by atoms with van der Waals surface area (Å²) >= 11 is 0. The number of nitrogens with zero attached hydrogens (tertiary/aromatic N) is 4. The fraction of sp³-hybridized carbons (Fsp3) is 0.312. The molecule has 1 aliphatic rings. The van der Waals surface area contributed by atoms with Crippen LogP contribution >= 0.6 is 0 Å². The largest absolute Gasteiger partial charge is 0.365 e. The van der Waals surface area contributed by atoms with E-state index in [0.29, 0.717) is 18.1 Å². The topological polar surface area (TPSA) is 100.0 Å². The van der Waals surface area contributed by atoms with Crippen molar-refractivity contribution in [2.75, 3.05) is 23.4 Å². The number of hydrogen-bond donors (Lipinski definition) is 2. The van der Waals surface area contributed by atoms with Crippen LogP contribution in [0, 0.1) is 23.1 Å². The smallest absolute Gasteiger partial charge is 0.254 e. The molecule has 3 N–H and O–H groups in total. The molecule has 1 unspecified atom stereocenters.